The molecule has 6 heteroatoms. The maximum absolute atomic E-state index is 13.0. The molecular formula is C8H7F4NO. The van der Waals surface area contributed by atoms with Crippen molar-refractivity contribution in [3.63, 3.8) is 0 Å². The second kappa shape index (κ2) is 3.36. The zero-order chi connectivity index (χ0) is 10.9. The van der Waals surface area contributed by atoms with E-state index in [1.807, 2.05) is 0 Å². The predicted molar refractivity (Wildman–Crippen MR) is 42.4 cm³/mol. The summed E-state index contributed by atoms with van der Waals surface area (Å²) in [6, 6.07) is 1.53. The normalized spacial score (nSPS) is 11.5. The van der Waals surface area contributed by atoms with Gasteiger partial charge < -0.3 is 10.5 Å². The summed E-state index contributed by atoms with van der Waals surface area (Å²) in [5.41, 5.74) is 3.53. The molecule has 0 aliphatic carbocycles. The van der Waals surface area contributed by atoms with Gasteiger partial charge in [-0.3, -0.25) is 0 Å². The van der Waals surface area contributed by atoms with Gasteiger partial charge in [-0.25, -0.2) is 4.39 Å². The molecular weight excluding hydrogens is 202 g/mol. The van der Waals surface area contributed by atoms with E-state index >= 15 is 0 Å². The number of alkyl halides is 3. The van der Waals surface area contributed by atoms with E-state index in [1.54, 1.807) is 0 Å². The fourth-order valence-corrected chi connectivity index (χ4v) is 0.994. The number of hydrogen-bond donors (Lipinski definition) is 1. The highest BCUT2D eigenvalue weighted by Crippen LogP contribution is 2.39. The molecule has 1 rings (SSSR count). The fraction of sp³-hybridized carbons (Fsp3) is 0.250. The Kier molecular flexibility index (Phi) is 2.55. The number of halogens is 4. The maximum Gasteiger partial charge on any atom is 0.420 e. The van der Waals surface area contributed by atoms with Crippen molar-refractivity contribution in [2.45, 2.75) is 6.18 Å². The third kappa shape index (κ3) is 1.73. The zero-order valence-corrected chi connectivity index (χ0v) is 7.15. The van der Waals surface area contributed by atoms with E-state index < -0.39 is 23.3 Å². The second-order valence-electron chi connectivity index (χ2n) is 2.55. The summed E-state index contributed by atoms with van der Waals surface area (Å²) in [6.07, 6.45) is -4.65. The number of methoxy groups -OCH3 is 1. The van der Waals surface area contributed by atoms with Crippen LogP contribution in [0.2, 0.25) is 0 Å². The highest BCUT2D eigenvalue weighted by molar-refractivity contribution is 5.51. The molecule has 0 aliphatic rings. The number of ether oxygens (including phenoxy) is 1. The molecule has 2 N–H and O–H groups in total. The minimum atomic E-state index is -4.65. The largest absolute Gasteiger partial charge is 0.493 e. The molecule has 0 aliphatic heterocycles. The fourth-order valence-electron chi connectivity index (χ4n) is 0.994. The Morgan fingerprint density at radius 3 is 2.29 bits per heavy atom. The maximum atomic E-state index is 13.0. The molecule has 0 fully saturated rings. The summed E-state index contributed by atoms with van der Waals surface area (Å²) < 4.78 is 54.1. The van der Waals surface area contributed by atoms with Gasteiger partial charge in [-0.05, 0) is 12.1 Å². The van der Waals surface area contributed by atoms with Crippen LogP contribution >= 0.6 is 0 Å². The Morgan fingerprint density at radius 2 is 1.86 bits per heavy atom. The SMILES string of the molecule is COc1c(C(F)(F)F)ccc(N)c1F. The van der Waals surface area contributed by atoms with Crippen LogP contribution in [0.4, 0.5) is 23.2 Å². The summed E-state index contributed by atoms with van der Waals surface area (Å²) in [5, 5.41) is 0. The minimum absolute atomic E-state index is 0.380. The molecule has 0 unspecified atom stereocenters. The van der Waals surface area contributed by atoms with E-state index in [9.17, 15) is 17.6 Å². The molecule has 0 amide bonds. The van der Waals surface area contributed by atoms with E-state index in [1.165, 1.54) is 0 Å². The number of benzene rings is 1. The van der Waals surface area contributed by atoms with Crippen LogP contribution in [0.1, 0.15) is 5.56 Å². The molecule has 0 aromatic heterocycles. The molecule has 78 valence electrons. The smallest absolute Gasteiger partial charge is 0.420 e. The first kappa shape index (κ1) is 10.6. The predicted octanol–water partition coefficient (Wildman–Crippen LogP) is 2.44. The van der Waals surface area contributed by atoms with Crippen LogP contribution in [0.5, 0.6) is 5.75 Å². The monoisotopic (exact) mass is 209 g/mol. The van der Waals surface area contributed by atoms with E-state index in [4.69, 9.17) is 5.73 Å². The van der Waals surface area contributed by atoms with Crippen LogP contribution < -0.4 is 10.5 Å². The number of anilines is 1. The molecule has 14 heavy (non-hydrogen) atoms. The topological polar surface area (TPSA) is 35.2 Å². The quantitative estimate of drug-likeness (QED) is 0.569. The Balaban J connectivity index is 3.39. The van der Waals surface area contributed by atoms with Crippen LogP contribution in [-0.4, -0.2) is 7.11 Å². The van der Waals surface area contributed by atoms with Crippen LogP contribution in [0, 0.1) is 5.82 Å². The van der Waals surface area contributed by atoms with E-state index in [-0.39, 0.29) is 5.69 Å². The molecule has 0 saturated carbocycles. The Hall–Kier alpha value is -1.46. The number of hydrogen-bond acceptors (Lipinski definition) is 2. The van der Waals surface area contributed by atoms with Crippen molar-refractivity contribution < 1.29 is 22.3 Å². The summed E-state index contributed by atoms with van der Waals surface area (Å²) in [5.74, 6) is -2.07. The van der Waals surface area contributed by atoms with E-state index in [0.717, 1.165) is 13.2 Å². The number of rotatable bonds is 1. The van der Waals surface area contributed by atoms with Crippen molar-refractivity contribution in [1.29, 1.82) is 0 Å². The standard InChI is InChI=1S/C8H7F4NO/c1-14-7-4(8(10,11)12)2-3-5(13)6(7)9/h2-3H,13H2,1H3. The first-order chi connectivity index (χ1) is 6.38. The highest BCUT2D eigenvalue weighted by Gasteiger charge is 2.36. The van der Waals surface area contributed by atoms with Crippen LogP contribution in [0.25, 0.3) is 0 Å². The highest BCUT2D eigenvalue weighted by atomic mass is 19.4. The van der Waals surface area contributed by atoms with Gasteiger partial charge in [0.05, 0.1) is 12.8 Å². The van der Waals surface area contributed by atoms with Crippen LogP contribution in [0.3, 0.4) is 0 Å². The van der Waals surface area contributed by atoms with Crippen molar-refractivity contribution in [3.8, 4) is 5.75 Å². The lowest BCUT2D eigenvalue weighted by atomic mass is 10.1. The van der Waals surface area contributed by atoms with E-state index in [2.05, 4.69) is 4.74 Å². The lowest BCUT2D eigenvalue weighted by Gasteiger charge is -2.13. The summed E-state index contributed by atoms with van der Waals surface area (Å²) in [7, 11) is 0.951. The molecule has 0 radical (unpaired) electrons. The van der Waals surface area contributed by atoms with Gasteiger partial charge >= 0.3 is 6.18 Å². The molecule has 1 aromatic carbocycles. The van der Waals surface area contributed by atoms with Gasteiger partial charge in [-0.2, -0.15) is 13.2 Å². The van der Waals surface area contributed by atoms with Gasteiger partial charge in [0.15, 0.2) is 11.6 Å². The molecule has 0 heterocycles. The third-order valence-electron chi connectivity index (χ3n) is 1.64. The first-order valence-corrected chi connectivity index (χ1v) is 3.57. The Morgan fingerprint density at radius 1 is 1.29 bits per heavy atom. The average Bonchev–Trinajstić information content (AvgIpc) is 2.07. The van der Waals surface area contributed by atoms with Crippen LogP contribution in [0.15, 0.2) is 12.1 Å². The first-order valence-electron chi connectivity index (χ1n) is 3.57. The van der Waals surface area contributed by atoms with E-state index in [0.29, 0.717) is 6.07 Å². The Labute approximate surface area is 77.3 Å². The minimum Gasteiger partial charge on any atom is -0.493 e. The average molecular weight is 209 g/mol. The number of nitrogens with two attached hydrogens (primary N) is 1. The van der Waals surface area contributed by atoms with Crippen molar-refractivity contribution in [1.82, 2.24) is 0 Å². The molecule has 0 bridgehead atoms. The molecule has 0 spiro atoms. The molecule has 0 saturated heterocycles. The lowest BCUT2D eigenvalue weighted by Crippen LogP contribution is -2.09. The summed E-state index contributed by atoms with van der Waals surface area (Å²) in [6.45, 7) is 0. The lowest BCUT2D eigenvalue weighted by molar-refractivity contribution is -0.139. The summed E-state index contributed by atoms with van der Waals surface area (Å²) in [4.78, 5) is 0. The summed E-state index contributed by atoms with van der Waals surface area (Å²) >= 11 is 0. The van der Waals surface area contributed by atoms with Gasteiger partial charge in [0.2, 0.25) is 0 Å². The molecule has 2 nitrogen and oxygen atoms in total. The van der Waals surface area contributed by atoms with Gasteiger partial charge in [-0.15, -0.1) is 0 Å². The number of nitrogen functional groups attached to an aromatic ring is 1. The van der Waals surface area contributed by atoms with Crippen LogP contribution in [-0.2, 0) is 6.18 Å². The second-order valence-corrected chi connectivity index (χ2v) is 2.55. The zero-order valence-electron chi connectivity index (χ0n) is 7.15. The molecule has 1 aromatic rings. The van der Waals surface area contributed by atoms with Crippen molar-refractivity contribution in [2.75, 3.05) is 12.8 Å². The van der Waals surface area contributed by atoms with Crippen molar-refractivity contribution in [2.24, 2.45) is 0 Å². The van der Waals surface area contributed by atoms with Gasteiger partial charge in [0.25, 0.3) is 0 Å². The van der Waals surface area contributed by atoms with Gasteiger partial charge in [0, 0.05) is 0 Å². The molecule has 0 atom stereocenters. The van der Waals surface area contributed by atoms with Gasteiger partial charge in [-0.1, -0.05) is 0 Å². The van der Waals surface area contributed by atoms with Crippen molar-refractivity contribution >= 4 is 5.69 Å². The Bertz CT molecular complexity index is 348. The third-order valence-corrected chi connectivity index (χ3v) is 1.64. The van der Waals surface area contributed by atoms with Crippen molar-refractivity contribution in [3.05, 3.63) is 23.5 Å². The van der Waals surface area contributed by atoms with Gasteiger partial charge in [0.1, 0.15) is 5.56 Å².